The molecule has 1 heterocycles. The molecule has 0 saturated carbocycles. The van der Waals surface area contributed by atoms with Crippen molar-refractivity contribution in [3.05, 3.63) is 60.3 Å². The van der Waals surface area contributed by atoms with Crippen molar-refractivity contribution in [3.8, 4) is 0 Å². The van der Waals surface area contributed by atoms with Crippen molar-refractivity contribution in [2.75, 3.05) is 11.1 Å². The molecule has 3 N–H and O–H groups in total. The molecule has 0 aliphatic carbocycles. The fourth-order valence-electron chi connectivity index (χ4n) is 2.38. The van der Waals surface area contributed by atoms with Crippen LogP contribution in [0.2, 0.25) is 0 Å². The van der Waals surface area contributed by atoms with E-state index in [1.54, 1.807) is 24.3 Å². The summed E-state index contributed by atoms with van der Waals surface area (Å²) in [6, 6.07) is 15.4. The van der Waals surface area contributed by atoms with Crippen molar-refractivity contribution in [1.29, 1.82) is 0 Å². The van der Waals surface area contributed by atoms with Crippen molar-refractivity contribution in [1.82, 2.24) is 4.57 Å². The molecule has 0 unspecified atom stereocenters. The number of carbonyl (C=O) groups excluding carboxylic acids is 1. The van der Waals surface area contributed by atoms with E-state index in [-0.39, 0.29) is 12.5 Å². The minimum atomic E-state index is -0.0575. The normalized spacial score (nSPS) is 10.7. The number of nitrogens with one attached hydrogen (secondary N) is 1. The van der Waals surface area contributed by atoms with E-state index in [1.807, 2.05) is 22.9 Å². The molecule has 106 valence electrons. The van der Waals surface area contributed by atoms with Crippen LogP contribution in [-0.2, 0) is 11.3 Å². The second-order valence-corrected chi connectivity index (χ2v) is 5.18. The van der Waals surface area contributed by atoms with Gasteiger partial charge in [-0.25, -0.2) is 0 Å². The molecule has 0 aliphatic heterocycles. The summed E-state index contributed by atoms with van der Waals surface area (Å²) in [5.74, 6) is -0.0575. The molecule has 4 heteroatoms. The number of rotatable bonds is 3. The summed E-state index contributed by atoms with van der Waals surface area (Å²) >= 11 is 0. The van der Waals surface area contributed by atoms with Crippen molar-refractivity contribution in [2.24, 2.45) is 0 Å². The lowest BCUT2D eigenvalue weighted by molar-refractivity contribution is -0.116. The Labute approximate surface area is 123 Å². The maximum Gasteiger partial charge on any atom is 0.244 e. The van der Waals surface area contributed by atoms with Gasteiger partial charge in [-0.1, -0.05) is 11.6 Å². The lowest BCUT2D eigenvalue weighted by atomic mass is 10.2. The van der Waals surface area contributed by atoms with Crippen LogP contribution in [0.5, 0.6) is 0 Å². The van der Waals surface area contributed by atoms with Gasteiger partial charge in [-0.15, -0.1) is 0 Å². The lowest BCUT2D eigenvalue weighted by Gasteiger charge is -2.08. The summed E-state index contributed by atoms with van der Waals surface area (Å²) in [5, 5.41) is 4.02. The lowest BCUT2D eigenvalue weighted by Crippen LogP contribution is -2.18. The van der Waals surface area contributed by atoms with Gasteiger partial charge in [0.1, 0.15) is 6.54 Å². The Hall–Kier alpha value is -2.75. The molecule has 0 aliphatic rings. The number of nitrogen functional groups attached to an aromatic ring is 1. The Bertz CT molecular complexity index is 787. The Kier molecular flexibility index (Phi) is 3.36. The van der Waals surface area contributed by atoms with Crippen LogP contribution >= 0.6 is 0 Å². The number of hydrogen-bond donors (Lipinski definition) is 2. The zero-order chi connectivity index (χ0) is 14.8. The van der Waals surface area contributed by atoms with Gasteiger partial charge in [0, 0.05) is 23.1 Å². The number of anilines is 2. The zero-order valence-electron chi connectivity index (χ0n) is 11.8. The van der Waals surface area contributed by atoms with E-state index >= 15 is 0 Å². The third kappa shape index (κ3) is 2.89. The van der Waals surface area contributed by atoms with E-state index < -0.39 is 0 Å². The van der Waals surface area contributed by atoms with Gasteiger partial charge in [-0.05, 0) is 54.8 Å². The van der Waals surface area contributed by atoms with Crippen LogP contribution in [-0.4, -0.2) is 10.5 Å². The predicted octanol–water partition coefficient (Wildman–Crippen LogP) is 3.17. The molecule has 4 nitrogen and oxygen atoms in total. The fraction of sp³-hybridized carbons (Fsp3) is 0.118. The largest absolute Gasteiger partial charge is 0.399 e. The quantitative estimate of drug-likeness (QED) is 0.723. The molecule has 2 aromatic carbocycles. The van der Waals surface area contributed by atoms with Crippen molar-refractivity contribution in [3.63, 3.8) is 0 Å². The van der Waals surface area contributed by atoms with Crippen LogP contribution in [0.1, 0.15) is 5.56 Å². The van der Waals surface area contributed by atoms with Gasteiger partial charge in [0.25, 0.3) is 0 Å². The van der Waals surface area contributed by atoms with Gasteiger partial charge < -0.3 is 15.6 Å². The number of carbonyl (C=O) groups is 1. The molecular formula is C17H17N3O. The number of aryl methyl sites for hydroxylation is 1. The van der Waals surface area contributed by atoms with Gasteiger partial charge in [-0.2, -0.15) is 0 Å². The number of nitrogens with two attached hydrogens (primary N) is 1. The average molecular weight is 279 g/mol. The molecule has 0 radical (unpaired) electrons. The van der Waals surface area contributed by atoms with Gasteiger partial charge in [0.15, 0.2) is 0 Å². The molecule has 0 spiro atoms. The molecule has 0 saturated heterocycles. The first-order chi connectivity index (χ1) is 10.1. The second-order valence-electron chi connectivity index (χ2n) is 5.18. The summed E-state index contributed by atoms with van der Waals surface area (Å²) in [6.45, 7) is 2.35. The van der Waals surface area contributed by atoms with Crippen LogP contribution in [0.15, 0.2) is 54.7 Å². The number of fused-ring (bicyclic) bond motifs is 1. The number of nitrogens with zero attached hydrogens (tertiary/aromatic N) is 1. The molecule has 0 atom stereocenters. The van der Waals surface area contributed by atoms with E-state index in [0.29, 0.717) is 5.69 Å². The Morgan fingerprint density at radius 1 is 1.14 bits per heavy atom. The number of amides is 1. The van der Waals surface area contributed by atoms with E-state index in [2.05, 4.69) is 24.4 Å². The SMILES string of the molecule is Cc1ccc2c(ccn2CC(=O)Nc2ccc(N)cc2)c1. The Balaban J connectivity index is 1.75. The van der Waals surface area contributed by atoms with Crippen molar-refractivity contribution >= 4 is 28.2 Å². The second kappa shape index (κ2) is 5.32. The molecular weight excluding hydrogens is 262 g/mol. The third-order valence-electron chi connectivity index (χ3n) is 3.43. The van der Waals surface area contributed by atoms with E-state index in [4.69, 9.17) is 5.73 Å². The number of aromatic nitrogens is 1. The smallest absolute Gasteiger partial charge is 0.244 e. The maximum atomic E-state index is 12.1. The first kappa shape index (κ1) is 13.2. The summed E-state index contributed by atoms with van der Waals surface area (Å²) in [7, 11) is 0. The van der Waals surface area contributed by atoms with E-state index in [0.717, 1.165) is 16.6 Å². The Morgan fingerprint density at radius 2 is 1.90 bits per heavy atom. The molecule has 21 heavy (non-hydrogen) atoms. The van der Waals surface area contributed by atoms with Crippen LogP contribution in [0.25, 0.3) is 10.9 Å². The molecule has 1 amide bonds. The summed E-state index contributed by atoms with van der Waals surface area (Å²) in [5.41, 5.74) is 9.33. The Morgan fingerprint density at radius 3 is 2.67 bits per heavy atom. The fourth-order valence-corrected chi connectivity index (χ4v) is 2.38. The van der Waals surface area contributed by atoms with Crippen molar-refractivity contribution < 1.29 is 4.79 Å². The summed E-state index contributed by atoms with van der Waals surface area (Å²) in [6.07, 6.45) is 1.94. The standard InChI is InChI=1S/C17H17N3O/c1-12-2-7-16-13(10-12)8-9-20(16)11-17(21)19-15-5-3-14(18)4-6-15/h2-10H,11,18H2,1H3,(H,19,21). The van der Waals surface area contributed by atoms with E-state index in [9.17, 15) is 4.79 Å². The first-order valence-electron chi connectivity index (χ1n) is 6.83. The monoisotopic (exact) mass is 279 g/mol. The molecule has 1 aromatic heterocycles. The van der Waals surface area contributed by atoms with Crippen LogP contribution < -0.4 is 11.1 Å². The summed E-state index contributed by atoms with van der Waals surface area (Å²) in [4.78, 5) is 12.1. The maximum absolute atomic E-state index is 12.1. The topological polar surface area (TPSA) is 60.0 Å². The molecule has 3 rings (SSSR count). The highest BCUT2D eigenvalue weighted by molar-refractivity contribution is 5.92. The summed E-state index contributed by atoms with van der Waals surface area (Å²) < 4.78 is 1.95. The minimum absolute atomic E-state index is 0.0575. The molecule has 3 aromatic rings. The van der Waals surface area contributed by atoms with Crippen LogP contribution in [0, 0.1) is 6.92 Å². The molecule has 0 bridgehead atoms. The van der Waals surface area contributed by atoms with Gasteiger partial charge >= 0.3 is 0 Å². The molecule has 0 fully saturated rings. The van der Waals surface area contributed by atoms with Crippen LogP contribution in [0.3, 0.4) is 0 Å². The number of hydrogen-bond acceptors (Lipinski definition) is 2. The average Bonchev–Trinajstić information content (AvgIpc) is 2.83. The first-order valence-corrected chi connectivity index (χ1v) is 6.83. The minimum Gasteiger partial charge on any atom is -0.399 e. The zero-order valence-corrected chi connectivity index (χ0v) is 11.8. The third-order valence-corrected chi connectivity index (χ3v) is 3.43. The predicted molar refractivity (Wildman–Crippen MR) is 86.2 cm³/mol. The highest BCUT2D eigenvalue weighted by Crippen LogP contribution is 2.17. The van der Waals surface area contributed by atoms with Gasteiger partial charge in [0.2, 0.25) is 5.91 Å². The van der Waals surface area contributed by atoms with Crippen LogP contribution in [0.4, 0.5) is 11.4 Å². The number of benzene rings is 2. The highest BCUT2D eigenvalue weighted by atomic mass is 16.1. The van der Waals surface area contributed by atoms with Gasteiger partial charge in [-0.3, -0.25) is 4.79 Å². The van der Waals surface area contributed by atoms with Gasteiger partial charge in [0.05, 0.1) is 0 Å². The van der Waals surface area contributed by atoms with Crippen molar-refractivity contribution in [2.45, 2.75) is 13.5 Å². The highest BCUT2D eigenvalue weighted by Gasteiger charge is 2.06. The van der Waals surface area contributed by atoms with E-state index in [1.165, 1.54) is 5.56 Å².